The van der Waals surface area contributed by atoms with Gasteiger partial charge in [0, 0.05) is 11.1 Å². The Bertz CT molecular complexity index is 950. The molecule has 5 heteroatoms. The predicted octanol–water partition coefficient (Wildman–Crippen LogP) is 5.55. The predicted molar refractivity (Wildman–Crippen MR) is 122 cm³/mol. The number of carbonyl (C=O) groups is 2. The quantitative estimate of drug-likeness (QED) is 0.326. The highest BCUT2D eigenvalue weighted by molar-refractivity contribution is 5.89. The van der Waals surface area contributed by atoms with Crippen molar-refractivity contribution in [2.75, 3.05) is 0 Å². The van der Waals surface area contributed by atoms with Gasteiger partial charge in [0.25, 0.3) is 0 Å². The van der Waals surface area contributed by atoms with Crippen LogP contribution in [0.25, 0.3) is 11.1 Å². The summed E-state index contributed by atoms with van der Waals surface area (Å²) >= 11 is 0. The summed E-state index contributed by atoms with van der Waals surface area (Å²) in [5.41, 5.74) is 2.00. The van der Waals surface area contributed by atoms with Gasteiger partial charge in [-0.25, -0.2) is 9.59 Å². The third-order valence-electron chi connectivity index (χ3n) is 5.25. The topological polar surface area (TPSA) is 72.8 Å². The first-order valence-electron chi connectivity index (χ1n) is 10.3. The van der Waals surface area contributed by atoms with E-state index < -0.39 is 23.6 Å². The monoisotopic (exact) mass is 422 g/mol. The summed E-state index contributed by atoms with van der Waals surface area (Å²) in [5, 5.41) is 11.0. The fourth-order valence-electron chi connectivity index (χ4n) is 3.08. The molecule has 164 valence electrons. The molecule has 1 unspecified atom stereocenters. The lowest BCUT2D eigenvalue weighted by molar-refractivity contribution is -0.163. The number of benzene rings is 2. The molecule has 1 N–H and O–H groups in total. The second kappa shape index (κ2) is 10.2. The molecule has 0 bridgehead atoms. The first kappa shape index (κ1) is 24.1. The minimum absolute atomic E-state index is 0.281. The van der Waals surface area contributed by atoms with Crippen LogP contribution in [-0.2, 0) is 14.3 Å². The molecule has 0 aliphatic rings. The largest absolute Gasteiger partial charge is 0.451 e. The van der Waals surface area contributed by atoms with Crippen molar-refractivity contribution in [1.82, 2.24) is 0 Å². The molecular weight excluding hydrogens is 392 g/mol. The van der Waals surface area contributed by atoms with Gasteiger partial charge in [-0.15, -0.1) is 0 Å². The van der Waals surface area contributed by atoms with Crippen LogP contribution in [0.4, 0.5) is 0 Å². The fourth-order valence-corrected chi connectivity index (χ4v) is 3.08. The molecule has 0 amide bonds. The first-order valence-corrected chi connectivity index (χ1v) is 10.3. The van der Waals surface area contributed by atoms with E-state index in [9.17, 15) is 14.7 Å². The standard InChI is InChI=1S/C26H30O5/c1-7-26(29,8-2)23(31-25(28)18(5)6)21-11-9-19(10-12-21)20-13-15-22(16-14-20)30-24(27)17(3)4/h9-16,23,29H,3,5,7-8H2,1-2,4,6H3. The van der Waals surface area contributed by atoms with Crippen molar-refractivity contribution in [3.63, 3.8) is 0 Å². The van der Waals surface area contributed by atoms with Crippen LogP contribution in [-0.4, -0.2) is 22.6 Å². The Hall–Kier alpha value is -3.18. The van der Waals surface area contributed by atoms with Gasteiger partial charge in [0.05, 0.1) is 0 Å². The van der Waals surface area contributed by atoms with E-state index in [0.29, 0.717) is 29.7 Å². The van der Waals surface area contributed by atoms with Crippen molar-refractivity contribution in [3.8, 4) is 16.9 Å². The molecule has 2 rings (SSSR count). The zero-order valence-corrected chi connectivity index (χ0v) is 18.6. The number of esters is 2. The summed E-state index contributed by atoms with van der Waals surface area (Å²) in [6.07, 6.45) is 0.0673. The molecule has 1 atom stereocenters. The van der Waals surface area contributed by atoms with Gasteiger partial charge >= 0.3 is 11.9 Å². The summed E-state index contributed by atoms with van der Waals surface area (Å²) in [6.45, 7) is 14.1. The molecule has 0 radical (unpaired) electrons. The summed E-state index contributed by atoms with van der Waals surface area (Å²) in [7, 11) is 0. The van der Waals surface area contributed by atoms with Crippen LogP contribution in [0.2, 0.25) is 0 Å². The van der Waals surface area contributed by atoms with Crippen LogP contribution >= 0.6 is 0 Å². The zero-order valence-electron chi connectivity index (χ0n) is 18.6. The van der Waals surface area contributed by atoms with E-state index in [1.807, 2.05) is 50.2 Å². The number of ether oxygens (including phenoxy) is 2. The average molecular weight is 423 g/mol. The minimum Gasteiger partial charge on any atom is -0.451 e. The van der Waals surface area contributed by atoms with E-state index in [0.717, 1.165) is 11.1 Å². The molecule has 2 aromatic carbocycles. The molecule has 0 aliphatic carbocycles. The molecule has 0 saturated carbocycles. The zero-order chi connectivity index (χ0) is 23.2. The summed E-state index contributed by atoms with van der Waals surface area (Å²) in [6, 6.07) is 14.6. The second-order valence-electron chi connectivity index (χ2n) is 7.69. The van der Waals surface area contributed by atoms with Crippen molar-refractivity contribution >= 4 is 11.9 Å². The van der Waals surface area contributed by atoms with Crippen LogP contribution in [0.15, 0.2) is 72.8 Å². The normalized spacial score (nSPS) is 12.0. The van der Waals surface area contributed by atoms with Crippen LogP contribution in [0.1, 0.15) is 52.2 Å². The van der Waals surface area contributed by atoms with Crippen molar-refractivity contribution in [1.29, 1.82) is 0 Å². The lowest BCUT2D eigenvalue weighted by atomic mass is 9.85. The van der Waals surface area contributed by atoms with Gasteiger partial charge in [-0.05, 0) is 55.5 Å². The van der Waals surface area contributed by atoms with Gasteiger partial charge in [-0.3, -0.25) is 0 Å². The average Bonchev–Trinajstić information content (AvgIpc) is 2.77. The Labute approximate surface area is 184 Å². The van der Waals surface area contributed by atoms with Gasteiger partial charge in [0.15, 0.2) is 6.10 Å². The Morgan fingerprint density at radius 3 is 1.74 bits per heavy atom. The van der Waals surface area contributed by atoms with E-state index in [2.05, 4.69) is 13.2 Å². The molecular formula is C26H30O5. The van der Waals surface area contributed by atoms with Crippen molar-refractivity contribution < 1.29 is 24.2 Å². The number of hydrogen-bond acceptors (Lipinski definition) is 5. The lowest BCUT2D eigenvalue weighted by Gasteiger charge is -2.34. The number of aliphatic hydroxyl groups is 1. The van der Waals surface area contributed by atoms with Crippen LogP contribution < -0.4 is 4.74 Å². The van der Waals surface area contributed by atoms with Gasteiger partial charge < -0.3 is 14.6 Å². The molecule has 0 heterocycles. The van der Waals surface area contributed by atoms with Crippen molar-refractivity contribution in [2.24, 2.45) is 0 Å². The Balaban J connectivity index is 2.28. The highest BCUT2D eigenvalue weighted by Crippen LogP contribution is 2.36. The highest BCUT2D eigenvalue weighted by Gasteiger charge is 2.37. The number of carbonyl (C=O) groups excluding carboxylic acids is 2. The fraction of sp³-hybridized carbons (Fsp3) is 0.308. The van der Waals surface area contributed by atoms with E-state index in [4.69, 9.17) is 9.47 Å². The lowest BCUT2D eigenvalue weighted by Crippen LogP contribution is -2.37. The third kappa shape index (κ3) is 5.92. The number of rotatable bonds is 9. The molecule has 0 aliphatic heterocycles. The molecule has 0 saturated heterocycles. The molecule has 0 spiro atoms. The highest BCUT2D eigenvalue weighted by atomic mass is 16.6. The van der Waals surface area contributed by atoms with E-state index in [1.165, 1.54) is 0 Å². The van der Waals surface area contributed by atoms with Gasteiger partial charge in [0.1, 0.15) is 11.4 Å². The maximum absolute atomic E-state index is 12.2. The van der Waals surface area contributed by atoms with Crippen LogP contribution in [0.3, 0.4) is 0 Å². The Kier molecular flexibility index (Phi) is 7.95. The number of hydrogen-bond donors (Lipinski definition) is 1. The minimum atomic E-state index is -1.18. The van der Waals surface area contributed by atoms with Gasteiger partial charge in [-0.2, -0.15) is 0 Å². The van der Waals surface area contributed by atoms with E-state index >= 15 is 0 Å². The third-order valence-corrected chi connectivity index (χ3v) is 5.25. The van der Waals surface area contributed by atoms with E-state index in [1.54, 1.807) is 26.0 Å². The van der Waals surface area contributed by atoms with Crippen molar-refractivity contribution in [3.05, 3.63) is 78.4 Å². The van der Waals surface area contributed by atoms with Crippen LogP contribution in [0.5, 0.6) is 5.75 Å². The molecule has 5 nitrogen and oxygen atoms in total. The SMILES string of the molecule is C=C(C)C(=O)Oc1ccc(-c2ccc(C(OC(=O)C(=C)C)C(O)(CC)CC)cc2)cc1. The maximum Gasteiger partial charge on any atom is 0.338 e. The molecule has 0 aromatic heterocycles. The molecule has 0 fully saturated rings. The molecule has 2 aromatic rings. The Morgan fingerprint density at radius 2 is 1.32 bits per heavy atom. The summed E-state index contributed by atoms with van der Waals surface area (Å²) in [5.74, 6) is -0.558. The Morgan fingerprint density at radius 1 is 0.871 bits per heavy atom. The van der Waals surface area contributed by atoms with E-state index in [-0.39, 0.29) is 5.57 Å². The van der Waals surface area contributed by atoms with Gasteiger partial charge in [0.2, 0.25) is 0 Å². The molecule has 31 heavy (non-hydrogen) atoms. The first-order chi connectivity index (χ1) is 14.6. The summed E-state index contributed by atoms with van der Waals surface area (Å²) < 4.78 is 10.8. The van der Waals surface area contributed by atoms with Crippen LogP contribution in [0, 0.1) is 0 Å². The van der Waals surface area contributed by atoms with Crippen molar-refractivity contribution in [2.45, 2.75) is 52.2 Å². The summed E-state index contributed by atoms with van der Waals surface area (Å²) in [4.78, 5) is 23.8. The maximum atomic E-state index is 12.2. The smallest absolute Gasteiger partial charge is 0.338 e. The second-order valence-corrected chi connectivity index (χ2v) is 7.69. The van der Waals surface area contributed by atoms with Gasteiger partial charge in [-0.1, -0.05) is 63.4 Å².